The molecule has 1 heterocycles. The van der Waals surface area contributed by atoms with Crippen molar-refractivity contribution in [2.75, 3.05) is 0 Å². The smallest absolute Gasteiger partial charge is 0.340 e. The predicted molar refractivity (Wildman–Crippen MR) is 80.3 cm³/mol. The molecule has 0 aliphatic heterocycles. The number of nitriles is 1. The molecule has 110 valence electrons. The minimum atomic E-state index is -0.649. The van der Waals surface area contributed by atoms with Gasteiger partial charge in [0.1, 0.15) is 23.0 Å². The van der Waals surface area contributed by atoms with Crippen molar-refractivity contribution in [1.82, 2.24) is 0 Å². The molecule has 6 heteroatoms. The molecule has 0 bridgehead atoms. The average molecular weight is 312 g/mol. The lowest BCUT2D eigenvalue weighted by Gasteiger charge is -2.18. The molecular weight excluding hydrogens is 300 g/mol. The maximum absolute atomic E-state index is 12.2. The van der Waals surface area contributed by atoms with Gasteiger partial charge in [-0.15, -0.1) is 11.3 Å². The van der Waals surface area contributed by atoms with Crippen molar-refractivity contribution in [1.29, 1.82) is 5.26 Å². The number of rotatable bonds is 3. The van der Waals surface area contributed by atoms with Crippen molar-refractivity contribution in [3.05, 3.63) is 57.3 Å². The second-order valence-corrected chi connectivity index (χ2v) is 5.92. The van der Waals surface area contributed by atoms with E-state index in [4.69, 9.17) is 15.7 Å². The Balaban J connectivity index is 1.86. The number of thiophene rings is 1. The van der Waals surface area contributed by atoms with Crippen LogP contribution in [0.1, 0.15) is 32.3 Å². The van der Waals surface area contributed by atoms with Crippen LogP contribution in [0.5, 0.6) is 0 Å². The topological polar surface area (TPSA) is 93.2 Å². The number of hydrogen-bond donors (Lipinski definition) is 1. The first-order valence-electron chi connectivity index (χ1n) is 6.67. The molecule has 2 atom stereocenters. The number of esters is 1. The van der Waals surface area contributed by atoms with Gasteiger partial charge in [0.05, 0.1) is 5.56 Å². The number of nitrogens with zero attached hydrogens (tertiary/aromatic N) is 1. The normalized spacial score (nSPS) is 19.2. The summed E-state index contributed by atoms with van der Waals surface area (Å²) in [6.07, 6.45) is -0.185. The number of nitrogens with two attached hydrogens (primary N) is 1. The number of ether oxygens (including phenoxy) is 1. The van der Waals surface area contributed by atoms with E-state index in [-0.39, 0.29) is 5.56 Å². The second-order valence-electron chi connectivity index (χ2n) is 5.00. The van der Waals surface area contributed by atoms with Crippen LogP contribution in [0.15, 0.2) is 35.7 Å². The molecule has 3 rings (SSSR count). The molecule has 1 aromatic heterocycles. The Morgan fingerprint density at radius 2 is 2.09 bits per heavy atom. The van der Waals surface area contributed by atoms with E-state index < -0.39 is 23.9 Å². The maximum atomic E-state index is 12.2. The number of carbonyl (C=O) groups excluding carboxylic acids is 2. The molecule has 1 amide bonds. The second kappa shape index (κ2) is 5.62. The van der Waals surface area contributed by atoms with E-state index in [9.17, 15) is 9.59 Å². The molecule has 5 nitrogen and oxygen atoms in total. The predicted octanol–water partition coefficient (Wildman–Crippen LogP) is 1.97. The monoisotopic (exact) mass is 312 g/mol. The Morgan fingerprint density at radius 1 is 1.32 bits per heavy atom. The van der Waals surface area contributed by atoms with E-state index >= 15 is 0 Å². The molecule has 0 saturated carbocycles. The van der Waals surface area contributed by atoms with Gasteiger partial charge in [-0.05, 0) is 22.6 Å². The summed E-state index contributed by atoms with van der Waals surface area (Å²) in [5, 5.41) is 10.6. The lowest BCUT2D eigenvalue weighted by Crippen LogP contribution is -2.32. The van der Waals surface area contributed by atoms with Gasteiger partial charge in [-0.3, -0.25) is 4.79 Å². The van der Waals surface area contributed by atoms with E-state index in [0.717, 1.165) is 11.1 Å². The van der Waals surface area contributed by atoms with E-state index in [1.807, 2.05) is 30.3 Å². The van der Waals surface area contributed by atoms with Crippen LogP contribution in [-0.4, -0.2) is 18.0 Å². The van der Waals surface area contributed by atoms with Crippen molar-refractivity contribution >= 4 is 23.2 Å². The zero-order valence-electron chi connectivity index (χ0n) is 11.5. The van der Waals surface area contributed by atoms with Crippen LogP contribution >= 0.6 is 11.3 Å². The molecular formula is C16H12N2O3S. The van der Waals surface area contributed by atoms with E-state index in [2.05, 4.69) is 0 Å². The Morgan fingerprint density at radius 3 is 2.82 bits per heavy atom. The van der Waals surface area contributed by atoms with Crippen molar-refractivity contribution < 1.29 is 14.3 Å². The Bertz CT molecular complexity index is 791. The van der Waals surface area contributed by atoms with Gasteiger partial charge >= 0.3 is 5.97 Å². The minimum absolute atomic E-state index is 0.228. The molecule has 0 fully saturated rings. The lowest BCUT2D eigenvalue weighted by atomic mass is 9.99. The third-order valence-corrected chi connectivity index (χ3v) is 4.55. The maximum Gasteiger partial charge on any atom is 0.340 e. The Labute approximate surface area is 130 Å². The third-order valence-electron chi connectivity index (χ3n) is 3.73. The third kappa shape index (κ3) is 2.36. The summed E-state index contributed by atoms with van der Waals surface area (Å²) in [4.78, 5) is 24.3. The molecule has 22 heavy (non-hydrogen) atoms. The summed E-state index contributed by atoms with van der Waals surface area (Å²) in [6, 6.07) is 10.9. The van der Waals surface area contributed by atoms with Crippen molar-refractivity contribution in [3.63, 3.8) is 0 Å². The fourth-order valence-corrected chi connectivity index (χ4v) is 3.43. The van der Waals surface area contributed by atoms with Gasteiger partial charge in [0.2, 0.25) is 5.91 Å². The first kappa shape index (κ1) is 14.3. The van der Waals surface area contributed by atoms with Gasteiger partial charge in [-0.25, -0.2) is 4.79 Å². The van der Waals surface area contributed by atoms with Crippen molar-refractivity contribution in [2.45, 2.75) is 18.4 Å². The van der Waals surface area contributed by atoms with E-state index in [0.29, 0.717) is 11.3 Å². The molecule has 1 aliphatic carbocycles. The van der Waals surface area contributed by atoms with E-state index in [1.165, 1.54) is 11.3 Å². The number of fused-ring (bicyclic) bond motifs is 1. The summed E-state index contributed by atoms with van der Waals surface area (Å²) in [5.41, 5.74) is 7.46. The van der Waals surface area contributed by atoms with E-state index in [1.54, 1.807) is 11.4 Å². The van der Waals surface area contributed by atoms with Crippen LogP contribution in [-0.2, 0) is 16.0 Å². The van der Waals surface area contributed by atoms with Crippen LogP contribution in [0.3, 0.4) is 0 Å². The molecule has 1 aliphatic rings. The molecule has 1 aromatic carbocycles. The van der Waals surface area contributed by atoms with Crippen molar-refractivity contribution in [2.24, 2.45) is 5.73 Å². The highest BCUT2D eigenvalue weighted by Gasteiger charge is 2.39. The lowest BCUT2D eigenvalue weighted by molar-refractivity contribution is -0.121. The summed E-state index contributed by atoms with van der Waals surface area (Å²) in [7, 11) is 0. The van der Waals surface area contributed by atoms with Gasteiger partial charge in [0.15, 0.2) is 0 Å². The molecule has 0 radical (unpaired) electrons. The molecule has 2 N–H and O–H groups in total. The Hall–Kier alpha value is -2.65. The quantitative estimate of drug-likeness (QED) is 0.877. The van der Waals surface area contributed by atoms with Crippen LogP contribution in [0.25, 0.3) is 0 Å². The van der Waals surface area contributed by atoms with Gasteiger partial charge in [0.25, 0.3) is 0 Å². The highest BCUT2D eigenvalue weighted by Crippen LogP contribution is 2.35. The van der Waals surface area contributed by atoms with Crippen LogP contribution < -0.4 is 5.73 Å². The number of hydrogen-bond acceptors (Lipinski definition) is 5. The SMILES string of the molecule is N#Cc1sccc1C(=O)OC1Cc2ccccc2C1C(N)=O. The highest BCUT2D eigenvalue weighted by molar-refractivity contribution is 7.10. The number of carbonyl (C=O) groups is 2. The Kier molecular flexibility index (Phi) is 3.65. The zero-order valence-corrected chi connectivity index (χ0v) is 12.3. The average Bonchev–Trinajstić information content (AvgIpc) is 3.10. The van der Waals surface area contributed by atoms with Gasteiger partial charge in [-0.1, -0.05) is 24.3 Å². The molecule has 0 saturated heterocycles. The van der Waals surface area contributed by atoms with Crippen LogP contribution in [0, 0.1) is 11.3 Å². The highest BCUT2D eigenvalue weighted by atomic mass is 32.1. The molecule has 2 aromatic rings. The van der Waals surface area contributed by atoms with Gasteiger partial charge in [-0.2, -0.15) is 5.26 Å². The summed E-state index contributed by atoms with van der Waals surface area (Å²) >= 11 is 1.18. The first-order chi connectivity index (χ1) is 10.6. The standard InChI is InChI=1S/C16H12N2O3S/c17-8-13-11(5-6-22-13)16(20)21-12-7-9-3-1-2-4-10(9)14(12)15(18)19/h1-6,12,14H,7H2,(H2,18,19). The number of amides is 1. The minimum Gasteiger partial charge on any atom is -0.457 e. The zero-order chi connectivity index (χ0) is 15.7. The van der Waals surface area contributed by atoms with Gasteiger partial charge < -0.3 is 10.5 Å². The summed E-state index contributed by atoms with van der Waals surface area (Å²) < 4.78 is 5.47. The molecule has 0 spiro atoms. The molecule has 2 unspecified atom stereocenters. The fraction of sp³-hybridized carbons (Fsp3) is 0.188. The summed E-state index contributed by atoms with van der Waals surface area (Å²) in [6.45, 7) is 0. The van der Waals surface area contributed by atoms with Gasteiger partial charge in [0, 0.05) is 6.42 Å². The largest absolute Gasteiger partial charge is 0.457 e. The van der Waals surface area contributed by atoms with Crippen LogP contribution in [0.4, 0.5) is 0 Å². The number of benzene rings is 1. The number of primary amides is 1. The summed E-state index contributed by atoms with van der Waals surface area (Å²) in [5.74, 6) is -1.76. The van der Waals surface area contributed by atoms with Crippen molar-refractivity contribution in [3.8, 4) is 6.07 Å². The fourth-order valence-electron chi connectivity index (χ4n) is 2.76. The first-order valence-corrected chi connectivity index (χ1v) is 7.55. The van der Waals surface area contributed by atoms with Crippen LogP contribution in [0.2, 0.25) is 0 Å².